The third kappa shape index (κ3) is 4.31. The quantitative estimate of drug-likeness (QED) is 0.631. The predicted molar refractivity (Wildman–Crippen MR) is 105 cm³/mol. The molecule has 3 rings (SSSR count). The first kappa shape index (κ1) is 18.6. The van der Waals surface area contributed by atoms with E-state index in [2.05, 4.69) is 10.3 Å². The van der Waals surface area contributed by atoms with Crippen LogP contribution in [-0.2, 0) is 6.54 Å². The van der Waals surface area contributed by atoms with Gasteiger partial charge in [-0.2, -0.15) is 0 Å². The lowest BCUT2D eigenvalue weighted by atomic mass is 9.97. The van der Waals surface area contributed by atoms with E-state index in [4.69, 9.17) is 23.1 Å². The molecule has 1 aromatic heterocycles. The minimum atomic E-state index is -0.686. The average molecular weight is 381 g/mol. The number of anilines is 1. The number of nitrogens with two attached hydrogens (primary N) is 2. The maximum absolute atomic E-state index is 12.7. The Labute approximate surface area is 161 Å². The SMILES string of the molecule is NCc1ccc(-c2ccc(C(N)=O)c(C(=O)Nc3ccc(Cl)cn3)c2)cc1. The molecule has 0 aliphatic rings. The van der Waals surface area contributed by atoms with Crippen molar-refractivity contribution in [1.82, 2.24) is 4.98 Å². The Kier molecular flexibility index (Phi) is 5.49. The molecule has 5 N–H and O–H groups in total. The smallest absolute Gasteiger partial charge is 0.257 e. The van der Waals surface area contributed by atoms with Gasteiger partial charge in [0.15, 0.2) is 0 Å². The first-order valence-corrected chi connectivity index (χ1v) is 8.52. The summed E-state index contributed by atoms with van der Waals surface area (Å²) in [6.45, 7) is 0.447. The fraction of sp³-hybridized carbons (Fsp3) is 0.0500. The van der Waals surface area contributed by atoms with Gasteiger partial charge in [-0.3, -0.25) is 9.59 Å². The van der Waals surface area contributed by atoms with Crippen LogP contribution in [0.15, 0.2) is 60.8 Å². The van der Waals surface area contributed by atoms with Crippen molar-refractivity contribution in [2.24, 2.45) is 11.5 Å². The lowest BCUT2D eigenvalue weighted by Gasteiger charge is -2.11. The fourth-order valence-electron chi connectivity index (χ4n) is 2.59. The molecule has 0 bridgehead atoms. The number of rotatable bonds is 5. The molecule has 0 saturated carbocycles. The minimum Gasteiger partial charge on any atom is -0.366 e. The summed E-state index contributed by atoms with van der Waals surface area (Å²) in [6.07, 6.45) is 1.42. The molecule has 3 aromatic rings. The molecular weight excluding hydrogens is 364 g/mol. The summed E-state index contributed by atoms with van der Waals surface area (Å²) < 4.78 is 0. The molecule has 0 aliphatic carbocycles. The van der Waals surface area contributed by atoms with Crippen molar-refractivity contribution in [1.29, 1.82) is 0 Å². The highest BCUT2D eigenvalue weighted by molar-refractivity contribution is 6.30. The number of benzene rings is 2. The number of primary amides is 1. The van der Waals surface area contributed by atoms with E-state index in [1.165, 1.54) is 6.20 Å². The molecule has 0 saturated heterocycles. The number of hydrogen-bond donors (Lipinski definition) is 3. The number of carbonyl (C=O) groups is 2. The summed E-state index contributed by atoms with van der Waals surface area (Å²) in [5, 5.41) is 3.10. The van der Waals surface area contributed by atoms with E-state index in [0.29, 0.717) is 17.4 Å². The number of nitrogens with zero attached hydrogens (tertiary/aromatic N) is 1. The number of amides is 2. The zero-order valence-corrected chi connectivity index (χ0v) is 15.0. The molecule has 0 aliphatic heterocycles. The second-order valence-corrected chi connectivity index (χ2v) is 6.28. The van der Waals surface area contributed by atoms with Crippen LogP contribution in [0, 0.1) is 0 Å². The van der Waals surface area contributed by atoms with Gasteiger partial charge in [0.1, 0.15) is 5.82 Å². The first-order chi connectivity index (χ1) is 13.0. The van der Waals surface area contributed by atoms with Gasteiger partial charge < -0.3 is 16.8 Å². The number of pyridine rings is 1. The van der Waals surface area contributed by atoms with E-state index in [1.807, 2.05) is 24.3 Å². The molecular formula is C20H17ClN4O2. The van der Waals surface area contributed by atoms with E-state index < -0.39 is 11.8 Å². The Morgan fingerprint density at radius 1 is 0.963 bits per heavy atom. The second kappa shape index (κ2) is 7.99. The third-order valence-corrected chi connectivity index (χ3v) is 4.25. The normalized spacial score (nSPS) is 10.4. The Balaban J connectivity index is 1.96. The highest BCUT2D eigenvalue weighted by atomic mass is 35.5. The van der Waals surface area contributed by atoms with Crippen molar-refractivity contribution in [3.05, 3.63) is 82.5 Å². The standard InChI is InChI=1S/C20H17ClN4O2/c21-15-6-8-18(24-11-15)25-20(27)17-9-14(5-7-16(17)19(23)26)13-3-1-12(10-22)2-4-13/h1-9,11H,10,22H2,(H2,23,26)(H,24,25,27). The number of aromatic nitrogens is 1. The van der Waals surface area contributed by atoms with E-state index in [1.54, 1.807) is 30.3 Å². The van der Waals surface area contributed by atoms with E-state index in [0.717, 1.165) is 16.7 Å². The highest BCUT2D eigenvalue weighted by Crippen LogP contribution is 2.24. The van der Waals surface area contributed by atoms with Gasteiger partial charge in [0.25, 0.3) is 5.91 Å². The van der Waals surface area contributed by atoms with Crippen molar-refractivity contribution in [3.8, 4) is 11.1 Å². The summed E-state index contributed by atoms with van der Waals surface area (Å²) >= 11 is 5.80. The summed E-state index contributed by atoms with van der Waals surface area (Å²) in [6, 6.07) is 15.7. The zero-order valence-electron chi connectivity index (χ0n) is 14.3. The molecule has 136 valence electrons. The van der Waals surface area contributed by atoms with Crippen LogP contribution in [0.25, 0.3) is 11.1 Å². The van der Waals surface area contributed by atoms with Gasteiger partial charge in [0.05, 0.1) is 16.1 Å². The van der Waals surface area contributed by atoms with Crippen LogP contribution in [0.3, 0.4) is 0 Å². The second-order valence-electron chi connectivity index (χ2n) is 5.84. The molecule has 2 amide bonds. The Morgan fingerprint density at radius 2 is 1.67 bits per heavy atom. The average Bonchev–Trinajstić information content (AvgIpc) is 2.69. The maximum atomic E-state index is 12.7. The largest absolute Gasteiger partial charge is 0.366 e. The predicted octanol–water partition coefficient (Wildman–Crippen LogP) is 3.21. The lowest BCUT2D eigenvalue weighted by Crippen LogP contribution is -2.20. The highest BCUT2D eigenvalue weighted by Gasteiger charge is 2.17. The number of halogens is 1. The summed E-state index contributed by atoms with van der Waals surface area (Å²) in [5.41, 5.74) is 14.0. The fourth-order valence-corrected chi connectivity index (χ4v) is 2.71. The van der Waals surface area contributed by atoms with Gasteiger partial charge >= 0.3 is 0 Å². The van der Waals surface area contributed by atoms with Gasteiger partial charge in [-0.25, -0.2) is 4.98 Å². The maximum Gasteiger partial charge on any atom is 0.257 e. The molecule has 0 radical (unpaired) electrons. The molecule has 27 heavy (non-hydrogen) atoms. The molecule has 0 spiro atoms. The minimum absolute atomic E-state index is 0.129. The van der Waals surface area contributed by atoms with E-state index >= 15 is 0 Å². The summed E-state index contributed by atoms with van der Waals surface area (Å²) in [4.78, 5) is 28.5. The number of hydrogen-bond acceptors (Lipinski definition) is 4. The Morgan fingerprint density at radius 3 is 2.26 bits per heavy atom. The molecule has 0 atom stereocenters. The van der Waals surface area contributed by atoms with Crippen molar-refractivity contribution < 1.29 is 9.59 Å². The van der Waals surface area contributed by atoms with Crippen LogP contribution in [0.1, 0.15) is 26.3 Å². The van der Waals surface area contributed by atoms with Crippen molar-refractivity contribution in [2.75, 3.05) is 5.32 Å². The lowest BCUT2D eigenvalue weighted by molar-refractivity contribution is 0.0977. The Hall–Kier alpha value is -3.22. The number of nitrogens with one attached hydrogen (secondary N) is 1. The van der Waals surface area contributed by atoms with E-state index in [9.17, 15) is 9.59 Å². The molecule has 0 unspecified atom stereocenters. The molecule has 0 fully saturated rings. The molecule has 2 aromatic carbocycles. The molecule has 7 heteroatoms. The third-order valence-electron chi connectivity index (χ3n) is 4.02. The van der Waals surface area contributed by atoms with Crippen LogP contribution in [-0.4, -0.2) is 16.8 Å². The van der Waals surface area contributed by atoms with Crippen LogP contribution < -0.4 is 16.8 Å². The van der Waals surface area contributed by atoms with Gasteiger partial charge in [-0.15, -0.1) is 0 Å². The summed E-state index contributed by atoms with van der Waals surface area (Å²) in [5.74, 6) is -0.856. The topological polar surface area (TPSA) is 111 Å². The van der Waals surface area contributed by atoms with Gasteiger partial charge in [-0.05, 0) is 41.0 Å². The molecule has 1 heterocycles. The monoisotopic (exact) mass is 380 g/mol. The van der Waals surface area contributed by atoms with Crippen LogP contribution in [0.5, 0.6) is 0 Å². The molecule has 6 nitrogen and oxygen atoms in total. The van der Waals surface area contributed by atoms with Crippen LogP contribution in [0.2, 0.25) is 5.02 Å². The van der Waals surface area contributed by atoms with E-state index in [-0.39, 0.29) is 11.1 Å². The van der Waals surface area contributed by atoms with Crippen molar-refractivity contribution in [3.63, 3.8) is 0 Å². The van der Waals surface area contributed by atoms with Gasteiger partial charge in [0.2, 0.25) is 5.91 Å². The van der Waals surface area contributed by atoms with Crippen LogP contribution >= 0.6 is 11.6 Å². The zero-order chi connectivity index (χ0) is 19.4. The van der Waals surface area contributed by atoms with Crippen molar-refractivity contribution in [2.45, 2.75) is 6.54 Å². The Bertz CT molecular complexity index is 986. The van der Waals surface area contributed by atoms with Crippen molar-refractivity contribution >= 4 is 29.2 Å². The number of carbonyl (C=O) groups excluding carboxylic acids is 2. The van der Waals surface area contributed by atoms with Crippen LogP contribution in [0.4, 0.5) is 5.82 Å². The van der Waals surface area contributed by atoms with Gasteiger partial charge in [0, 0.05) is 12.7 Å². The van der Waals surface area contributed by atoms with Gasteiger partial charge in [-0.1, -0.05) is 41.9 Å². The summed E-state index contributed by atoms with van der Waals surface area (Å²) in [7, 11) is 0. The first-order valence-electron chi connectivity index (χ1n) is 8.14.